The van der Waals surface area contributed by atoms with Gasteiger partial charge in [-0.05, 0) is 43.5 Å². The Morgan fingerprint density at radius 1 is 1.00 bits per heavy atom. The molecule has 2 saturated heterocycles. The van der Waals surface area contributed by atoms with Crippen LogP contribution in [0.25, 0.3) is 0 Å². The van der Waals surface area contributed by atoms with Crippen molar-refractivity contribution in [2.75, 3.05) is 25.1 Å². The van der Waals surface area contributed by atoms with Gasteiger partial charge in [-0.2, -0.15) is 0 Å². The molecule has 6 nitrogen and oxygen atoms in total. The Bertz CT molecular complexity index is 762. The van der Waals surface area contributed by atoms with E-state index in [2.05, 4.69) is 5.32 Å². The van der Waals surface area contributed by atoms with Crippen LogP contribution in [-0.4, -0.2) is 43.0 Å². The van der Waals surface area contributed by atoms with E-state index in [1.165, 1.54) is 0 Å². The van der Waals surface area contributed by atoms with Gasteiger partial charge in [0.1, 0.15) is 5.75 Å². The van der Waals surface area contributed by atoms with E-state index in [-0.39, 0.29) is 18.4 Å². The molecule has 2 aromatic rings. The zero-order chi connectivity index (χ0) is 18.5. The first-order valence-electron chi connectivity index (χ1n) is 9.44. The van der Waals surface area contributed by atoms with Crippen LogP contribution in [0.1, 0.15) is 19.3 Å². The van der Waals surface area contributed by atoms with Gasteiger partial charge in [-0.15, -0.1) is 0 Å². The minimum atomic E-state index is -0.327. The predicted molar refractivity (Wildman–Crippen MR) is 102 cm³/mol. The summed E-state index contributed by atoms with van der Waals surface area (Å²) in [6.07, 6.45) is 2.62. The summed E-state index contributed by atoms with van der Waals surface area (Å²) in [4.78, 5) is 14.8. The average molecular weight is 368 g/mol. The normalized spacial score (nSPS) is 20.4. The molecule has 0 aromatic heterocycles. The predicted octanol–water partition coefficient (Wildman–Crippen LogP) is 4.24. The van der Waals surface area contributed by atoms with E-state index in [1.54, 1.807) is 0 Å². The maximum absolute atomic E-state index is 13.0. The molecule has 6 heteroatoms. The molecular formula is C21H24N2O4. The zero-order valence-corrected chi connectivity index (χ0v) is 15.2. The summed E-state index contributed by atoms with van der Waals surface area (Å²) in [5.74, 6) is 1.33. The summed E-state index contributed by atoms with van der Waals surface area (Å²) in [5, 5.41) is 3.00. The van der Waals surface area contributed by atoms with Gasteiger partial charge in [-0.25, -0.2) is 4.79 Å². The van der Waals surface area contributed by atoms with Gasteiger partial charge in [0.05, 0.1) is 24.9 Å². The van der Waals surface area contributed by atoms with E-state index in [1.807, 2.05) is 59.5 Å². The molecule has 27 heavy (non-hydrogen) atoms. The third kappa shape index (κ3) is 4.23. The number of para-hydroxylation sites is 3. The Kier molecular flexibility index (Phi) is 5.55. The van der Waals surface area contributed by atoms with E-state index >= 15 is 0 Å². The molecule has 2 fully saturated rings. The minimum absolute atomic E-state index is 0.0524. The maximum Gasteiger partial charge on any atom is 0.322 e. The first-order chi connectivity index (χ1) is 13.3. The highest BCUT2D eigenvalue weighted by molar-refractivity contribution is 5.91. The third-order valence-electron chi connectivity index (χ3n) is 4.87. The van der Waals surface area contributed by atoms with E-state index in [0.717, 1.165) is 25.0 Å². The van der Waals surface area contributed by atoms with E-state index < -0.39 is 0 Å². The van der Waals surface area contributed by atoms with Crippen LogP contribution in [0.5, 0.6) is 11.5 Å². The maximum atomic E-state index is 13.0. The highest BCUT2D eigenvalue weighted by Crippen LogP contribution is 2.30. The van der Waals surface area contributed by atoms with Gasteiger partial charge in [0.15, 0.2) is 12.0 Å². The lowest BCUT2D eigenvalue weighted by Gasteiger charge is -2.37. The van der Waals surface area contributed by atoms with Crippen LogP contribution in [-0.2, 0) is 9.47 Å². The minimum Gasteiger partial charge on any atom is -0.455 e. The van der Waals surface area contributed by atoms with Crippen molar-refractivity contribution in [3.63, 3.8) is 0 Å². The fourth-order valence-electron chi connectivity index (χ4n) is 3.55. The average Bonchev–Trinajstić information content (AvgIpc) is 3.25. The van der Waals surface area contributed by atoms with Crippen LogP contribution in [0.15, 0.2) is 54.6 Å². The number of hydrogen-bond acceptors (Lipinski definition) is 4. The summed E-state index contributed by atoms with van der Waals surface area (Å²) >= 11 is 0. The number of amides is 2. The lowest BCUT2D eigenvalue weighted by molar-refractivity contribution is -0.0973. The lowest BCUT2D eigenvalue weighted by atomic mass is 10.0. The number of urea groups is 1. The van der Waals surface area contributed by atoms with Crippen molar-refractivity contribution < 1.29 is 19.0 Å². The monoisotopic (exact) mass is 368 g/mol. The number of rotatable bonds is 4. The quantitative estimate of drug-likeness (QED) is 0.877. The number of hydrogen-bond donors (Lipinski definition) is 1. The second-order valence-electron chi connectivity index (χ2n) is 6.71. The first-order valence-corrected chi connectivity index (χ1v) is 9.44. The van der Waals surface area contributed by atoms with Gasteiger partial charge < -0.3 is 24.4 Å². The Morgan fingerprint density at radius 3 is 2.56 bits per heavy atom. The van der Waals surface area contributed by atoms with Crippen molar-refractivity contribution in [3.8, 4) is 11.5 Å². The molecule has 0 aliphatic carbocycles. The van der Waals surface area contributed by atoms with Crippen LogP contribution in [0.3, 0.4) is 0 Å². The van der Waals surface area contributed by atoms with Gasteiger partial charge in [0, 0.05) is 6.54 Å². The van der Waals surface area contributed by atoms with Crippen molar-refractivity contribution in [3.05, 3.63) is 54.6 Å². The highest BCUT2D eigenvalue weighted by Gasteiger charge is 2.36. The van der Waals surface area contributed by atoms with E-state index in [9.17, 15) is 4.79 Å². The first kappa shape index (κ1) is 17.8. The summed E-state index contributed by atoms with van der Waals surface area (Å²) in [7, 11) is 0. The molecule has 2 amide bonds. The number of nitrogens with one attached hydrogen (secondary N) is 1. The van der Waals surface area contributed by atoms with Crippen LogP contribution in [0, 0.1) is 0 Å². The van der Waals surface area contributed by atoms with Crippen molar-refractivity contribution in [2.45, 2.75) is 31.6 Å². The fraction of sp³-hybridized carbons (Fsp3) is 0.381. The highest BCUT2D eigenvalue weighted by atomic mass is 16.7. The Labute approximate surface area is 159 Å². The van der Waals surface area contributed by atoms with Gasteiger partial charge in [0.2, 0.25) is 0 Å². The Hall–Kier alpha value is -2.57. The summed E-state index contributed by atoms with van der Waals surface area (Å²) < 4.78 is 17.3. The third-order valence-corrected chi connectivity index (χ3v) is 4.87. The molecular weight excluding hydrogens is 344 g/mol. The zero-order valence-electron chi connectivity index (χ0n) is 15.2. The van der Waals surface area contributed by atoms with Crippen LogP contribution in [0.2, 0.25) is 0 Å². The SMILES string of the molecule is O=C(Nc1ccccc1Oc1ccccc1)N1CCCCC1C1OCCO1. The molecule has 1 unspecified atom stereocenters. The van der Waals surface area contributed by atoms with Crippen molar-refractivity contribution in [1.29, 1.82) is 0 Å². The number of nitrogens with zero attached hydrogens (tertiary/aromatic N) is 1. The van der Waals surface area contributed by atoms with Crippen LogP contribution >= 0.6 is 0 Å². The van der Waals surface area contributed by atoms with Gasteiger partial charge in [-0.3, -0.25) is 0 Å². The summed E-state index contributed by atoms with van der Waals surface area (Å²) in [6.45, 7) is 1.87. The summed E-state index contributed by atoms with van der Waals surface area (Å²) in [6, 6.07) is 16.8. The Balaban J connectivity index is 1.48. The lowest BCUT2D eigenvalue weighted by Crippen LogP contribution is -2.51. The second-order valence-corrected chi connectivity index (χ2v) is 6.71. The second kappa shape index (κ2) is 8.41. The number of likely N-dealkylation sites (tertiary alicyclic amines) is 1. The van der Waals surface area contributed by atoms with Crippen molar-refractivity contribution in [1.82, 2.24) is 4.90 Å². The van der Waals surface area contributed by atoms with E-state index in [0.29, 0.717) is 31.2 Å². The molecule has 1 atom stereocenters. The molecule has 2 heterocycles. The standard InChI is InChI=1S/C21H24N2O4/c24-21(23-13-7-6-11-18(23)20-25-14-15-26-20)22-17-10-4-5-12-19(17)27-16-8-2-1-3-9-16/h1-5,8-10,12,18,20H,6-7,11,13-15H2,(H,22,24). The fourth-order valence-corrected chi connectivity index (χ4v) is 3.55. The molecule has 1 N–H and O–H groups in total. The van der Waals surface area contributed by atoms with Gasteiger partial charge in [0.25, 0.3) is 0 Å². The number of carbonyl (C=O) groups excluding carboxylic acids is 1. The molecule has 2 aliphatic heterocycles. The van der Waals surface area contributed by atoms with Crippen molar-refractivity contribution in [2.24, 2.45) is 0 Å². The number of benzene rings is 2. The molecule has 2 aliphatic rings. The molecule has 0 saturated carbocycles. The Morgan fingerprint density at radius 2 is 1.74 bits per heavy atom. The molecule has 142 valence electrons. The smallest absolute Gasteiger partial charge is 0.322 e. The number of piperidine rings is 1. The number of carbonyl (C=O) groups is 1. The van der Waals surface area contributed by atoms with Gasteiger partial charge in [-0.1, -0.05) is 30.3 Å². The van der Waals surface area contributed by atoms with Gasteiger partial charge >= 0.3 is 6.03 Å². The summed E-state index contributed by atoms with van der Waals surface area (Å²) in [5.41, 5.74) is 0.643. The van der Waals surface area contributed by atoms with Crippen LogP contribution < -0.4 is 10.1 Å². The largest absolute Gasteiger partial charge is 0.455 e. The molecule has 0 bridgehead atoms. The van der Waals surface area contributed by atoms with Crippen LogP contribution in [0.4, 0.5) is 10.5 Å². The topological polar surface area (TPSA) is 60.0 Å². The number of ether oxygens (including phenoxy) is 3. The molecule has 0 radical (unpaired) electrons. The molecule has 2 aromatic carbocycles. The van der Waals surface area contributed by atoms with Crippen molar-refractivity contribution >= 4 is 11.7 Å². The molecule has 0 spiro atoms. The van der Waals surface area contributed by atoms with E-state index in [4.69, 9.17) is 14.2 Å². The molecule has 4 rings (SSSR count). The number of anilines is 1.